The van der Waals surface area contributed by atoms with Crippen LogP contribution in [0.2, 0.25) is 0 Å². The summed E-state index contributed by atoms with van der Waals surface area (Å²) in [7, 11) is 0. The summed E-state index contributed by atoms with van der Waals surface area (Å²) >= 11 is 0. The second-order valence-electron chi connectivity index (χ2n) is 7.09. The number of hydrogen-bond acceptors (Lipinski definition) is 3. The van der Waals surface area contributed by atoms with E-state index < -0.39 is 0 Å². The van der Waals surface area contributed by atoms with Gasteiger partial charge in [-0.2, -0.15) is 0 Å². The molecule has 1 fully saturated rings. The van der Waals surface area contributed by atoms with E-state index in [2.05, 4.69) is 10.6 Å². The van der Waals surface area contributed by atoms with Crippen molar-refractivity contribution in [3.05, 3.63) is 65.7 Å². The molecule has 0 radical (unpaired) electrons. The maximum Gasteiger partial charge on any atom is 0.255 e. The van der Waals surface area contributed by atoms with Crippen LogP contribution in [0.4, 0.5) is 5.69 Å². The highest BCUT2D eigenvalue weighted by atomic mass is 16.2. The third-order valence-electron chi connectivity index (χ3n) is 4.97. The lowest BCUT2D eigenvalue weighted by Gasteiger charge is -2.24. The highest BCUT2D eigenvalue weighted by Crippen LogP contribution is 2.19. The van der Waals surface area contributed by atoms with Crippen LogP contribution in [0.15, 0.2) is 54.6 Å². The first-order chi connectivity index (χ1) is 13.0. The van der Waals surface area contributed by atoms with Crippen LogP contribution >= 0.6 is 0 Å². The topological polar surface area (TPSA) is 61.4 Å². The minimum absolute atomic E-state index is 0.000121. The Morgan fingerprint density at radius 3 is 2.37 bits per heavy atom. The number of hydrogen-bond donors (Lipinski definition) is 2. The standard InChI is InChI=1S/C22H27N3O2/c1-16(23-17(2)22(27)25-13-6-7-14-25)19-11-8-12-20(15-19)24-21(26)18-9-4-3-5-10-18/h3-5,8-12,15-17,23H,6-7,13-14H2,1-2H3,(H,24,26). The Balaban J connectivity index is 1.62. The Bertz CT molecular complexity index is 785. The molecule has 2 atom stereocenters. The molecule has 0 saturated carbocycles. The maximum absolute atomic E-state index is 12.5. The fourth-order valence-corrected chi connectivity index (χ4v) is 3.43. The molecule has 1 aliphatic rings. The average Bonchev–Trinajstić information content (AvgIpc) is 3.23. The molecule has 2 aromatic carbocycles. The molecule has 0 aromatic heterocycles. The predicted octanol–water partition coefficient (Wildman–Crippen LogP) is 3.60. The molecule has 1 heterocycles. The average molecular weight is 365 g/mol. The van der Waals surface area contributed by atoms with E-state index in [4.69, 9.17) is 0 Å². The number of nitrogens with zero attached hydrogens (tertiary/aromatic N) is 1. The van der Waals surface area contributed by atoms with E-state index in [1.54, 1.807) is 12.1 Å². The molecule has 2 aromatic rings. The summed E-state index contributed by atoms with van der Waals surface area (Å²) in [5, 5.41) is 6.31. The van der Waals surface area contributed by atoms with Gasteiger partial charge in [-0.05, 0) is 56.5 Å². The molecule has 0 bridgehead atoms. The normalized spacial score (nSPS) is 16.0. The van der Waals surface area contributed by atoms with Crippen molar-refractivity contribution in [2.75, 3.05) is 18.4 Å². The maximum atomic E-state index is 12.5. The molecule has 1 saturated heterocycles. The van der Waals surface area contributed by atoms with Gasteiger partial charge in [-0.1, -0.05) is 30.3 Å². The van der Waals surface area contributed by atoms with E-state index in [9.17, 15) is 9.59 Å². The summed E-state index contributed by atoms with van der Waals surface area (Å²) < 4.78 is 0. The zero-order valence-electron chi connectivity index (χ0n) is 15.9. The van der Waals surface area contributed by atoms with Gasteiger partial charge in [0.15, 0.2) is 0 Å². The largest absolute Gasteiger partial charge is 0.341 e. The monoisotopic (exact) mass is 365 g/mol. The molecule has 3 rings (SSSR count). The lowest BCUT2D eigenvalue weighted by molar-refractivity contribution is -0.132. The van der Waals surface area contributed by atoms with E-state index in [-0.39, 0.29) is 23.9 Å². The molecule has 1 aliphatic heterocycles. The summed E-state index contributed by atoms with van der Waals surface area (Å²) in [6.45, 7) is 5.67. The fourth-order valence-electron chi connectivity index (χ4n) is 3.43. The Morgan fingerprint density at radius 1 is 0.963 bits per heavy atom. The van der Waals surface area contributed by atoms with Gasteiger partial charge in [-0.15, -0.1) is 0 Å². The van der Waals surface area contributed by atoms with Crippen LogP contribution in [-0.4, -0.2) is 35.8 Å². The number of nitrogens with one attached hydrogen (secondary N) is 2. The van der Waals surface area contributed by atoms with Crippen molar-refractivity contribution in [2.45, 2.75) is 38.8 Å². The van der Waals surface area contributed by atoms with Crippen molar-refractivity contribution in [1.82, 2.24) is 10.2 Å². The van der Waals surface area contributed by atoms with Gasteiger partial charge in [0.1, 0.15) is 0 Å². The van der Waals surface area contributed by atoms with Gasteiger partial charge in [0.25, 0.3) is 5.91 Å². The molecule has 5 heteroatoms. The van der Waals surface area contributed by atoms with Crippen LogP contribution in [-0.2, 0) is 4.79 Å². The van der Waals surface area contributed by atoms with Crippen molar-refractivity contribution in [2.24, 2.45) is 0 Å². The Hall–Kier alpha value is -2.66. The van der Waals surface area contributed by atoms with E-state index >= 15 is 0 Å². The van der Waals surface area contributed by atoms with E-state index in [0.717, 1.165) is 37.2 Å². The second kappa shape index (κ2) is 8.82. The summed E-state index contributed by atoms with van der Waals surface area (Å²) in [6.07, 6.45) is 2.19. The summed E-state index contributed by atoms with van der Waals surface area (Å²) in [4.78, 5) is 26.8. The van der Waals surface area contributed by atoms with Gasteiger partial charge in [-0.25, -0.2) is 0 Å². The predicted molar refractivity (Wildman–Crippen MR) is 108 cm³/mol. The van der Waals surface area contributed by atoms with Gasteiger partial charge in [0.05, 0.1) is 6.04 Å². The number of rotatable bonds is 6. The summed E-state index contributed by atoms with van der Waals surface area (Å²) in [5.74, 6) is 0.0267. The van der Waals surface area contributed by atoms with Gasteiger partial charge < -0.3 is 10.2 Å². The highest BCUT2D eigenvalue weighted by molar-refractivity contribution is 6.04. The Morgan fingerprint density at radius 2 is 1.67 bits per heavy atom. The molecule has 2 amide bonds. The lowest BCUT2D eigenvalue weighted by Crippen LogP contribution is -2.44. The van der Waals surface area contributed by atoms with Crippen LogP contribution in [0, 0.1) is 0 Å². The van der Waals surface area contributed by atoms with Crippen LogP contribution in [0.3, 0.4) is 0 Å². The minimum atomic E-state index is -0.235. The zero-order valence-corrected chi connectivity index (χ0v) is 15.9. The first kappa shape index (κ1) is 19.1. The van der Waals surface area contributed by atoms with Gasteiger partial charge in [-0.3, -0.25) is 14.9 Å². The number of carbonyl (C=O) groups is 2. The Labute approximate surface area is 160 Å². The second-order valence-corrected chi connectivity index (χ2v) is 7.09. The highest BCUT2D eigenvalue weighted by Gasteiger charge is 2.24. The van der Waals surface area contributed by atoms with Gasteiger partial charge in [0, 0.05) is 30.4 Å². The minimum Gasteiger partial charge on any atom is -0.341 e. The lowest BCUT2D eigenvalue weighted by atomic mass is 10.1. The SMILES string of the molecule is CC(NC(C)c1cccc(NC(=O)c2ccccc2)c1)C(=O)N1CCCC1. The smallest absolute Gasteiger partial charge is 0.255 e. The Kier molecular flexibility index (Phi) is 6.24. The van der Waals surface area contributed by atoms with Crippen LogP contribution in [0.25, 0.3) is 0 Å². The van der Waals surface area contributed by atoms with Gasteiger partial charge >= 0.3 is 0 Å². The number of carbonyl (C=O) groups excluding carboxylic acids is 2. The van der Waals surface area contributed by atoms with Crippen molar-refractivity contribution in [3.63, 3.8) is 0 Å². The third-order valence-corrected chi connectivity index (χ3v) is 4.97. The van der Waals surface area contributed by atoms with Gasteiger partial charge in [0.2, 0.25) is 5.91 Å². The molecule has 2 N–H and O–H groups in total. The third kappa shape index (κ3) is 4.95. The molecule has 142 valence electrons. The van der Waals surface area contributed by atoms with Crippen molar-refractivity contribution >= 4 is 17.5 Å². The van der Waals surface area contributed by atoms with Crippen molar-refractivity contribution < 1.29 is 9.59 Å². The van der Waals surface area contributed by atoms with E-state index in [1.165, 1.54) is 0 Å². The molecular weight excluding hydrogens is 338 g/mol. The fraction of sp³-hybridized carbons (Fsp3) is 0.364. The number of anilines is 1. The molecule has 0 spiro atoms. The number of likely N-dealkylation sites (tertiary alicyclic amines) is 1. The van der Waals surface area contributed by atoms with Crippen molar-refractivity contribution in [1.29, 1.82) is 0 Å². The van der Waals surface area contributed by atoms with Crippen molar-refractivity contribution in [3.8, 4) is 0 Å². The quantitative estimate of drug-likeness (QED) is 0.822. The van der Waals surface area contributed by atoms with E-state index in [1.807, 2.05) is 61.2 Å². The zero-order chi connectivity index (χ0) is 19.2. The summed E-state index contributed by atoms with van der Waals surface area (Å²) in [5.41, 5.74) is 2.40. The number of benzene rings is 2. The summed E-state index contributed by atoms with van der Waals surface area (Å²) in [6, 6.07) is 16.7. The first-order valence-electron chi connectivity index (χ1n) is 9.56. The van der Waals surface area contributed by atoms with E-state index in [0.29, 0.717) is 5.56 Å². The number of amides is 2. The molecule has 5 nitrogen and oxygen atoms in total. The molecular formula is C22H27N3O2. The molecule has 2 unspecified atom stereocenters. The first-order valence-corrected chi connectivity index (χ1v) is 9.56. The van der Waals surface area contributed by atoms with Crippen LogP contribution in [0.1, 0.15) is 48.7 Å². The molecule has 0 aliphatic carbocycles. The van der Waals surface area contributed by atoms with Crippen LogP contribution in [0.5, 0.6) is 0 Å². The van der Waals surface area contributed by atoms with Crippen LogP contribution < -0.4 is 10.6 Å². The molecule has 27 heavy (non-hydrogen) atoms.